The van der Waals surface area contributed by atoms with E-state index in [0.717, 1.165) is 5.56 Å². The van der Waals surface area contributed by atoms with Gasteiger partial charge in [0.15, 0.2) is 10.9 Å². The van der Waals surface area contributed by atoms with Gasteiger partial charge in [0.2, 0.25) is 5.91 Å². The lowest BCUT2D eigenvalue weighted by atomic mass is 10.0. The molecule has 1 atom stereocenters. The zero-order valence-electron chi connectivity index (χ0n) is 17.0. The topological polar surface area (TPSA) is 93.2 Å². The number of carbonyl (C=O) groups excluding carboxylic acids is 2. The predicted molar refractivity (Wildman–Crippen MR) is 122 cm³/mol. The molecule has 1 unspecified atom stereocenters. The van der Waals surface area contributed by atoms with Gasteiger partial charge in [0.25, 0.3) is 5.91 Å². The first-order chi connectivity index (χ1) is 15.0. The van der Waals surface area contributed by atoms with Crippen LogP contribution in [-0.4, -0.2) is 41.2 Å². The second-order valence-corrected chi connectivity index (χ2v) is 7.67. The summed E-state index contributed by atoms with van der Waals surface area (Å²) in [6.07, 6.45) is 3.47. The minimum atomic E-state index is -0.847. The molecule has 1 aromatic heterocycles. The third-order valence-corrected chi connectivity index (χ3v) is 5.22. The molecule has 160 valence electrons. The second kappa shape index (κ2) is 10.8. The van der Waals surface area contributed by atoms with E-state index in [9.17, 15) is 9.59 Å². The highest BCUT2D eigenvalue weighted by atomic mass is 35.5. The van der Waals surface area contributed by atoms with Gasteiger partial charge in [-0.3, -0.25) is 9.59 Å². The zero-order valence-corrected chi connectivity index (χ0v) is 18.5. The van der Waals surface area contributed by atoms with E-state index in [1.165, 1.54) is 18.0 Å². The Hall–Kier alpha value is -3.10. The quantitative estimate of drug-likeness (QED) is 0.395. The summed E-state index contributed by atoms with van der Waals surface area (Å²) in [6.45, 7) is 0. The number of nitrogens with zero attached hydrogens (tertiary/aromatic N) is 2. The monoisotopic (exact) mass is 456 g/mol. The third-order valence-electron chi connectivity index (χ3n) is 4.38. The summed E-state index contributed by atoms with van der Waals surface area (Å²) >= 11 is 7.41. The molecule has 0 saturated heterocycles. The summed E-state index contributed by atoms with van der Waals surface area (Å²) < 4.78 is 5.14. The van der Waals surface area contributed by atoms with Gasteiger partial charge in [0.05, 0.1) is 18.3 Å². The molecule has 0 aliphatic carbocycles. The normalized spacial score (nSPS) is 11.5. The number of methoxy groups -OCH3 is 1. The number of rotatable bonds is 8. The lowest BCUT2D eigenvalue weighted by molar-refractivity contribution is -0.118. The Labute approximate surface area is 189 Å². The van der Waals surface area contributed by atoms with E-state index in [1.807, 2.05) is 30.3 Å². The van der Waals surface area contributed by atoms with Gasteiger partial charge in [-0.2, -0.15) is 0 Å². The van der Waals surface area contributed by atoms with Crippen LogP contribution in [0.5, 0.6) is 5.75 Å². The van der Waals surface area contributed by atoms with E-state index in [2.05, 4.69) is 20.6 Å². The lowest BCUT2D eigenvalue weighted by Gasteiger charge is -2.19. The lowest BCUT2D eigenvalue weighted by Crippen LogP contribution is -2.45. The van der Waals surface area contributed by atoms with Crippen LogP contribution in [0.4, 0.5) is 5.69 Å². The van der Waals surface area contributed by atoms with Gasteiger partial charge in [-0.25, -0.2) is 9.97 Å². The number of hydrogen-bond acceptors (Lipinski definition) is 6. The zero-order chi connectivity index (χ0) is 22.2. The Morgan fingerprint density at radius 2 is 1.84 bits per heavy atom. The average molecular weight is 457 g/mol. The van der Waals surface area contributed by atoms with E-state index in [0.29, 0.717) is 23.0 Å². The first-order valence-corrected chi connectivity index (χ1v) is 11.0. The Morgan fingerprint density at radius 1 is 1.13 bits per heavy atom. The van der Waals surface area contributed by atoms with Gasteiger partial charge in [0.1, 0.15) is 11.8 Å². The number of anilines is 1. The molecule has 0 radical (unpaired) electrons. The molecule has 0 spiro atoms. The Morgan fingerprint density at radius 3 is 2.48 bits per heavy atom. The molecule has 2 amide bonds. The van der Waals surface area contributed by atoms with Crippen molar-refractivity contribution in [2.75, 3.05) is 18.7 Å². The Kier molecular flexibility index (Phi) is 7.86. The fraction of sp³-hybridized carbons (Fsp3) is 0.182. The number of ether oxygens (including phenoxy) is 1. The maximum Gasteiger partial charge on any atom is 0.272 e. The number of halogens is 1. The molecule has 3 rings (SSSR count). The van der Waals surface area contributed by atoms with Crippen LogP contribution in [0.3, 0.4) is 0 Å². The van der Waals surface area contributed by atoms with Gasteiger partial charge in [-0.15, -0.1) is 0 Å². The van der Waals surface area contributed by atoms with E-state index < -0.39 is 11.9 Å². The maximum atomic E-state index is 13.0. The highest BCUT2D eigenvalue weighted by Gasteiger charge is 2.24. The van der Waals surface area contributed by atoms with Crippen molar-refractivity contribution in [2.45, 2.75) is 17.6 Å². The largest absolute Gasteiger partial charge is 0.497 e. The van der Waals surface area contributed by atoms with Crippen LogP contribution in [0.25, 0.3) is 0 Å². The van der Waals surface area contributed by atoms with Crippen LogP contribution in [-0.2, 0) is 11.2 Å². The molecule has 0 fully saturated rings. The van der Waals surface area contributed by atoms with Gasteiger partial charge >= 0.3 is 0 Å². The highest BCUT2D eigenvalue weighted by molar-refractivity contribution is 7.98. The molecule has 2 N–H and O–H groups in total. The van der Waals surface area contributed by atoms with Crippen molar-refractivity contribution in [1.82, 2.24) is 15.3 Å². The number of nitrogens with one attached hydrogen (secondary N) is 2. The van der Waals surface area contributed by atoms with Crippen LogP contribution >= 0.6 is 23.4 Å². The minimum Gasteiger partial charge on any atom is -0.497 e. The minimum absolute atomic E-state index is 0.0244. The number of amides is 2. The number of benzene rings is 2. The molecule has 0 aliphatic rings. The molecule has 2 aromatic carbocycles. The molecule has 31 heavy (non-hydrogen) atoms. The van der Waals surface area contributed by atoms with Crippen LogP contribution in [0, 0.1) is 0 Å². The van der Waals surface area contributed by atoms with E-state index in [-0.39, 0.29) is 16.6 Å². The molecule has 7 nitrogen and oxygen atoms in total. The fourth-order valence-corrected chi connectivity index (χ4v) is 3.32. The van der Waals surface area contributed by atoms with Crippen molar-refractivity contribution in [3.05, 3.63) is 77.1 Å². The average Bonchev–Trinajstić information content (AvgIpc) is 2.80. The second-order valence-electron chi connectivity index (χ2n) is 6.49. The molecule has 3 aromatic rings. The van der Waals surface area contributed by atoms with Crippen LogP contribution < -0.4 is 15.4 Å². The third kappa shape index (κ3) is 6.19. The summed E-state index contributed by atoms with van der Waals surface area (Å²) in [5.41, 5.74) is 1.51. The number of aromatic nitrogens is 2. The van der Waals surface area contributed by atoms with E-state index in [4.69, 9.17) is 16.3 Å². The first kappa shape index (κ1) is 22.6. The van der Waals surface area contributed by atoms with Crippen molar-refractivity contribution >= 4 is 40.9 Å². The van der Waals surface area contributed by atoms with Gasteiger partial charge in [-0.05, 0) is 36.1 Å². The SMILES string of the molecule is COc1ccc(NC(=O)C(Cc2ccccc2)NC(=O)c2nc(SC)ncc2Cl)cc1. The molecule has 0 aliphatic heterocycles. The number of thioether (sulfide) groups is 1. The standard InChI is InChI=1S/C22H21ClN4O3S/c1-30-16-10-8-15(9-11-16)25-20(28)18(12-14-6-4-3-5-7-14)26-21(29)19-17(23)13-24-22(27-19)31-2/h3-11,13,18H,12H2,1-2H3,(H,25,28)(H,26,29). The number of carbonyl (C=O) groups is 2. The molecule has 0 saturated carbocycles. The van der Waals surface area contributed by atoms with E-state index >= 15 is 0 Å². The summed E-state index contributed by atoms with van der Waals surface area (Å²) in [5, 5.41) is 6.11. The molecule has 0 bridgehead atoms. The molecule has 1 heterocycles. The molecular formula is C22H21ClN4O3S. The maximum absolute atomic E-state index is 13.0. The predicted octanol–water partition coefficient (Wildman–Crippen LogP) is 3.84. The first-order valence-electron chi connectivity index (χ1n) is 9.36. The summed E-state index contributed by atoms with van der Waals surface area (Å²) in [6, 6.07) is 15.5. The molecular weight excluding hydrogens is 436 g/mol. The van der Waals surface area contributed by atoms with Crippen molar-refractivity contribution < 1.29 is 14.3 Å². The van der Waals surface area contributed by atoms with Crippen molar-refractivity contribution in [3.63, 3.8) is 0 Å². The molecule has 9 heteroatoms. The Bertz CT molecular complexity index is 1050. The van der Waals surface area contributed by atoms with Crippen LogP contribution in [0.15, 0.2) is 66.0 Å². The highest BCUT2D eigenvalue weighted by Crippen LogP contribution is 2.18. The van der Waals surface area contributed by atoms with Gasteiger partial charge in [-0.1, -0.05) is 53.7 Å². The van der Waals surface area contributed by atoms with Gasteiger partial charge < -0.3 is 15.4 Å². The van der Waals surface area contributed by atoms with Gasteiger partial charge in [0, 0.05) is 12.1 Å². The van der Waals surface area contributed by atoms with Crippen molar-refractivity contribution in [2.24, 2.45) is 0 Å². The van der Waals surface area contributed by atoms with Crippen LogP contribution in [0.2, 0.25) is 5.02 Å². The van der Waals surface area contributed by atoms with E-state index in [1.54, 1.807) is 37.6 Å². The number of hydrogen-bond donors (Lipinski definition) is 2. The van der Waals surface area contributed by atoms with Crippen molar-refractivity contribution in [1.29, 1.82) is 0 Å². The fourth-order valence-electron chi connectivity index (χ4n) is 2.80. The summed E-state index contributed by atoms with van der Waals surface area (Å²) in [4.78, 5) is 34.1. The Balaban J connectivity index is 1.81. The summed E-state index contributed by atoms with van der Waals surface area (Å²) in [5.74, 6) is -0.235. The summed E-state index contributed by atoms with van der Waals surface area (Å²) in [7, 11) is 1.57. The van der Waals surface area contributed by atoms with Crippen LogP contribution in [0.1, 0.15) is 16.1 Å². The van der Waals surface area contributed by atoms with Crippen molar-refractivity contribution in [3.8, 4) is 5.75 Å². The smallest absolute Gasteiger partial charge is 0.272 e.